The van der Waals surface area contributed by atoms with E-state index in [0.29, 0.717) is 31.8 Å². The number of nitrogens with zero attached hydrogens (tertiary/aromatic N) is 5. The van der Waals surface area contributed by atoms with Crippen molar-refractivity contribution in [3.8, 4) is 11.1 Å². The Balaban J connectivity index is 1.73. The Morgan fingerprint density at radius 3 is 2.58 bits per heavy atom. The number of benzene rings is 2. The zero-order chi connectivity index (χ0) is 31.1. The summed E-state index contributed by atoms with van der Waals surface area (Å²) >= 11 is 7.19. The molecule has 1 unspecified atom stereocenters. The van der Waals surface area contributed by atoms with E-state index in [9.17, 15) is 27.2 Å². The monoisotopic (exact) mass is 639 g/mol. The largest absolute Gasteiger partial charge is 0.417 e. The number of halogens is 5. The molecule has 8 nitrogen and oxygen atoms in total. The van der Waals surface area contributed by atoms with Crippen molar-refractivity contribution >= 4 is 46.0 Å². The van der Waals surface area contributed by atoms with E-state index >= 15 is 0 Å². The number of amides is 1. The van der Waals surface area contributed by atoms with Crippen LogP contribution in [-0.2, 0) is 22.3 Å². The highest BCUT2D eigenvalue weighted by atomic mass is 35.5. The molecule has 1 amide bonds. The van der Waals surface area contributed by atoms with E-state index in [-0.39, 0.29) is 63.5 Å². The molecule has 3 heterocycles. The van der Waals surface area contributed by atoms with E-state index in [2.05, 4.69) is 11.6 Å². The van der Waals surface area contributed by atoms with Gasteiger partial charge in [-0.2, -0.15) is 18.2 Å². The fourth-order valence-corrected chi connectivity index (χ4v) is 6.77. The number of aromatic nitrogens is 2. The summed E-state index contributed by atoms with van der Waals surface area (Å²) in [4.78, 5) is 35.5. The first-order chi connectivity index (χ1) is 20.4. The van der Waals surface area contributed by atoms with E-state index in [1.54, 1.807) is 9.80 Å². The zero-order valence-corrected chi connectivity index (χ0v) is 25.2. The van der Waals surface area contributed by atoms with Crippen molar-refractivity contribution in [3.05, 3.63) is 63.8 Å². The second kappa shape index (κ2) is 12.5. The number of hydrogen-bond donors (Lipinski definition) is 0. The number of carbonyl (C=O) groups is 1. The molecule has 14 heteroatoms. The summed E-state index contributed by atoms with van der Waals surface area (Å²) in [5.41, 5.74) is -1.39. The molecule has 230 valence electrons. The van der Waals surface area contributed by atoms with Crippen molar-refractivity contribution in [1.29, 1.82) is 0 Å². The molecule has 1 aromatic heterocycles. The number of thioether (sulfide) groups is 1. The van der Waals surface area contributed by atoms with Gasteiger partial charge in [0.25, 0.3) is 0 Å². The van der Waals surface area contributed by atoms with Crippen LogP contribution in [0.1, 0.15) is 5.56 Å². The van der Waals surface area contributed by atoms with Gasteiger partial charge in [0.1, 0.15) is 11.6 Å². The molecule has 0 bridgehead atoms. The molecule has 0 N–H and O–H groups in total. The molecule has 2 aliphatic rings. The van der Waals surface area contributed by atoms with Gasteiger partial charge in [0.2, 0.25) is 5.91 Å². The highest BCUT2D eigenvalue weighted by Crippen LogP contribution is 2.48. The number of alkyl halides is 3. The van der Waals surface area contributed by atoms with Gasteiger partial charge in [-0.25, -0.2) is 9.18 Å². The fourth-order valence-electron chi connectivity index (χ4n) is 5.31. The molecule has 3 aromatic rings. The van der Waals surface area contributed by atoms with Crippen LogP contribution in [0.5, 0.6) is 0 Å². The van der Waals surface area contributed by atoms with Gasteiger partial charge >= 0.3 is 11.9 Å². The minimum Gasteiger partial charge on any atom is -0.374 e. The lowest BCUT2D eigenvalue weighted by Gasteiger charge is -2.35. The van der Waals surface area contributed by atoms with Crippen LogP contribution in [0.3, 0.4) is 0 Å². The molecule has 1 fully saturated rings. The second-order valence-corrected chi connectivity index (χ2v) is 12.0. The summed E-state index contributed by atoms with van der Waals surface area (Å²) in [5, 5.41) is -0.162. The maximum Gasteiger partial charge on any atom is 0.417 e. The average Bonchev–Trinajstić information content (AvgIpc) is 3.16. The van der Waals surface area contributed by atoms with E-state index in [4.69, 9.17) is 16.3 Å². The normalized spacial score (nSPS) is 17.4. The van der Waals surface area contributed by atoms with Crippen molar-refractivity contribution < 1.29 is 27.1 Å². The summed E-state index contributed by atoms with van der Waals surface area (Å²) in [6.45, 7) is 5.69. The summed E-state index contributed by atoms with van der Waals surface area (Å²) < 4.78 is 66.0. The second-order valence-electron chi connectivity index (χ2n) is 10.6. The predicted molar refractivity (Wildman–Crippen MR) is 159 cm³/mol. The lowest BCUT2D eigenvalue weighted by molar-refractivity contribution is -0.137. The topological polar surface area (TPSA) is 70.9 Å². The summed E-state index contributed by atoms with van der Waals surface area (Å²) in [5.74, 6) is -0.625. The lowest BCUT2D eigenvalue weighted by atomic mass is 9.96. The molecule has 43 heavy (non-hydrogen) atoms. The Morgan fingerprint density at radius 1 is 1.23 bits per heavy atom. The Kier molecular flexibility index (Phi) is 9.07. The standard InChI is InChI=1S/C29H30ClF4N5O3S/c1-4-23(40)37-7-9-38(10-8-37)27-19-14-20(29(32,33)34)24(17-5-6-22(31)21(30)13-17)26-25(19)39(28(41)35-27)15-18(16-43-26)42-12-11-36(2)3/h4-6,13-14,18H,1,7-12,15-16H2,2-3H3. The van der Waals surface area contributed by atoms with Crippen LogP contribution in [0.15, 0.2) is 46.6 Å². The Hall–Kier alpha value is -3.13. The molecule has 0 aliphatic carbocycles. The maximum absolute atomic E-state index is 14.8. The minimum atomic E-state index is -4.80. The Morgan fingerprint density at radius 2 is 1.95 bits per heavy atom. The van der Waals surface area contributed by atoms with Crippen molar-refractivity contribution in [2.45, 2.75) is 23.7 Å². The molecule has 0 spiro atoms. The number of anilines is 1. The van der Waals surface area contributed by atoms with Crippen LogP contribution >= 0.6 is 23.4 Å². The first-order valence-electron chi connectivity index (χ1n) is 13.6. The lowest BCUT2D eigenvalue weighted by Crippen LogP contribution is -2.49. The first kappa shape index (κ1) is 31.3. The summed E-state index contributed by atoms with van der Waals surface area (Å²) in [6.07, 6.45) is -4.08. The van der Waals surface area contributed by atoms with Gasteiger partial charge in [0.05, 0.1) is 35.4 Å². The summed E-state index contributed by atoms with van der Waals surface area (Å²) in [6, 6.07) is 4.46. The van der Waals surface area contributed by atoms with Crippen molar-refractivity contribution in [2.24, 2.45) is 0 Å². The quantitative estimate of drug-likeness (QED) is 0.273. The van der Waals surface area contributed by atoms with Crippen LogP contribution in [0.25, 0.3) is 22.0 Å². The van der Waals surface area contributed by atoms with Crippen LogP contribution in [0, 0.1) is 5.82 Å². The van der Waals surface area contributed by atoms with Gasteiger partial charge in [-0.1, -0.05) is 24.2 Å². The van der Waals surface area contributed by atoms with Crippen molar-refractivity contribution in [2.75, 3.05) is 64.1 Å². The SMILES string of the molecule is C=CC(=O)N1CCN(c2nc(=O)n3c4c(c(-c5ccc(F)c(Cl)c5)c(C(F)(F)F)cc24)SCC(OCCN(C)C)C3)CC1. The smallest absolute Gasteiger partial charge is 0.374 e. The van der Waals surface area contributed by atoms with E-state index in [0.717, 1.165) is 23.9 Å². The average molecular weight is 640 g/mol. The van der Waals surface area contributed by atoms with Gasteiger partial charge in [0, 0.05) is 54.3 Å². The van der Waals surface area contributed by atoms with Gasteiger partial charge < -0.3 is 19.4 Å². The van der Waals surface area contributed by atoms with E-state index in [1.807, 2.05) is 19.0 Å². The third kappa shape index (κ3) is 6.40. The van der Waals surface area contributed by atoms with Gasteiger partial charge in [-0.15, -0.1) is 11.8 Å². The van der Waals surface area contributed by atoms with Crippen LogP contribution < -0.4 is 10.6 Å². The highest BCUT2D eigenvalue weighted by Gasteiger charge is 2.39. The zero-order valence-electron chi connectivity index (χ0n) is 23.6. The van der Waals surface area contributed by atoms with Gasteiger partial charge in [0.15, 0.2) is 0 Å². The maximum atomic E-state index is 14.8. The number of carbonyl (C=O) groups excluding carboxylic acids is 1. The number of likely N-dealkylation sites (N-methyl/N-ethyl adjacent to an activating group) is 1. The Bertz CT molecular complexity index is 1620. The molecule has 2 aliphatic heterocycles. The van der Waals surface area contributed by atoms with E-state index < -0.39 is 29.4 Å². The number of piperazine rings is 1. The number of rotatable bonds is 7. The van der Waals surface area contributed by atoms with Crippen LogP contribution in [0.2, 0.25) is 5.02 Å². The molecular weight excluding hydrogens is 610 g/mol. The van der Waals surface area contributed by atoms with Crippen molar-refractivity contribution in [3.63, 3.8) is 0 Å². The molecule has 0 radical (unpaired) electrons. The highest BCUT2D eigenvalue weighted by molar-refractivity contribution is 7.99. The Labute approximate surface area is 254 Å². The van der Waals surface area contributed by atoms with Gasteiger partial charge in [-0.3, -0.25) is 9.36 Å². The molecule has 1 atom stereocenters. The number of ether oxygens (including phenoxy) is 1. The first-order valence-corrected chi connectivity index (χ1v) is 14.9. The fraction of sp³-hybridized carbons (Fsp3) is 0.414. The predicted octanol–water partition coefficient (Wildman–Crippen LogP) is 4.76. The minimum absolute atomic E-state index is 0.0732. The van der Waals surface area contributed by atoms with Crippen molar-refractivity contribution in [1.82, 2.24) is 19.4 Å². The molecule has 1 saturated heterocycles. The molecule has 0 saturated carbocycles. The molecular formula is C29H30ClF4N5O3S. The molecule has 5 rings (SSSR count). The van der Waals surface area contributed by atoms with E-state index in [1.165, 1.54) is 22.8 Å². The number of hydrogen-bond acceptors (Lipinski definition) is 7. The summed E-state index contributed by atoms with van der Waals surface area (Å²) in [7, 11) is 3.78. The van der Waals surface area contributed by atoms with Crippen LogP contribution in [-0.4, -0.2) is 90.5 Å². The molecule has 2 aromatic carbocycles. The third-order valence-corrected chi connectivity index (χ3v) is 8.98. The third-order valence-electron chi connectivity index (χ3n) is 7.47. The van der Waals surface area contributed by atoms with Crippen LogP contribution in [0.4, 0.5) is 23.4 Å². The van der Waals surface area contributed by atoms with Gasteiger partial charge in [-0.05, 0) is 43.9 Å².